The number of fused-ring (bicyclic) bond motifs is 3. The Morgan fingerprint density at radius 2 is 2.27 bits per heavy atom. The molecule has 0 atom stereocenters. The Morgan fingerprint density at radius 3 is 3.07 bits per heavy atom. The standard InChI is InChI=1S/C23H23N5OS/c1-4-16-7-5-8-17(13-16)26-22-21-18-10-12-28(20(29)9-6-11-27(2)3)14-19(18)30-23(21)25-15-24-22/h1,5-9,13,15H,10-12,14H2,2-3H3,(H,24,25,26). The first kappa shape index (κ1) is 20.1. The van der Waals surface area contributed by atoms with E-state index in [1.165, 1.54) is 10.4 Å². The van der Waals surface area contributed by atoms with E-state index in [1.807, 2.05) is 54.2 Å². The number of hydrogen-bond donors (Lipinski definition) is 1. The van der Waals surface area contributed by atoms with E-state index in [9.17, 15) is 4.79 Å². The Bertz CT molecular complexity index is 1160. The molecule has 1 amide bonds. The number of thiophene rings is 1. The lowest BCUT2D eigenvalue weighted by Crippen LogP contribution is -2.34. The fourth-order valence-corrected chi connectivity index (χ4v) is 4.71. The second-order valence-corrected chi connectivity index (χ2v) is 8.51. The lowest BCUT2D eigenvalue weighted by molar-refractivity contribution is -0.126. The molecule has 1 N–H and O–H groups in total. The van der Waals surface area contributed by atoms with E-state index in [0.29, 0.717) is 13.1 Å². The largest absolute Gasteiger partial charge is 0.340 e. The highest BCUT2D eigenvalue weighted by Gasteiger charge is 2.25. The van der Waals surface area contributed by atoms with Crippen molar-refractivity contribution in [2.24, 2.45) is 0 Å². The molecule has 0 saturated heterocycles. The maximum absolute atomic E-state index is 12.5. The Labute approximate surface area is 180 Å². The third-order valence-electron chi connectivity index (χ3n) is 4.97. The van der Waals surface area contributed by atoms with Crippen LogP contribution in [0.1, 0.15) is 16.0 Å². The molecule has 1 aliphatic rings. The van der Waals surface area contributed by atoms with E-state index in [1.54, 1.807) is 23.7 Å². The summed E-state index contributed by atoms with van der Waals surface area (Å²) in [7, 11) is 3.96. The summed E-state index contributed by atoms with van der Waals surface area (Å²) in [5.41, 5.74) is 2.94. The Morgan fingerprint density at radius 1 is 1.40 bits per heavy atom. The van der Waals surface area contributed by atoms with Crippen molar-refractivity contribution in [3.63, 3.8) is 0 Å². The van der Waals surface area contributed by atoms with Gasteiger partial charge in [-0.3, -0.25) is 4.79 Å². The van der Waals surface area contributed by atoms with Gasteiger partial charge in [0.25, 0.3) is 0 Å². The van der Waals surface area contributed by atoms with Gasteiger partial charge in [-0.15, -0.1) is 17.8 Å². The van der Waals surface area contributed by atoms with Gasteiger partial charge >= 0.3 is 0 Å². The minimum absolute atomic E-state index is 0.0514. The summed E-state index contributed by atoms with van der Waals surface area (Å²) in [5.74, 6) is 3.48. The molecule has 7 heteroatoms. The predicted octanol–water partition coefficient (Wildman–Crippen LogP) is 3.42. The second-order valence-electron chi connectivity index (χ2n) is 7.43. The molecular weight excluding hydrogens is 394 g/mol. The number of nitrogens with zero attached hydrogens (tertiary/aromatic N) is 4. The van der Waals surface area contributed by atoms with E-state index in [-0.39, 0.29) is 5.91 Å². The van der Waals surface area contributed by atoms with Gasteiger partial charge in [-0.2, -0.15) is 0 Å². The number of carbonyl (C=O) groups is 1. The molecule has 2 aromatic heterocycles. The maximum Gasteiger partial charge on any atom is 0.246 e. The van der Waals surface area contributed by atoms with Crippen molar-refractivity contribution < 1.29 is 4.79 Å². The summed E-state index contributed by atoms with van der Waals surface area (Å²) < 4.78 is 0. The van der Waals surface area contributed by atoms with E-state index < -0.39 is 0 Å². The summed E-state index contributed by atoms with van der Waals surface area (Å²) >= 11 is 1.63. The van der Waals surface area contributed by atoms with Crippen LogP contribution < -0.4 is 5.32 Å². The van der Waals surface area contributed by atoms with Crippen LogP contribution in [0.25, 0.3) is 10.2 Å². The zero-order valence-electron chi connectivity index (χ0n) is 17.1. The topological polar surface area (TPSA) is 61.4 Å². The number of benzene rings is 1. The highest BCUT2D eigenvalue weighted by atomic mass is 32.1. The molecule has 0 bridgehead atoms. The first-order valence-electron chi connectivity index (χ1n) is 9.74. The first-order chi connectivity index (χ1) is 14.5. The fourth-order valence-electron chi connectivity index (χ4n) is 3.50. The SMILES string of the molecule is C#Cc1cccc(Nc2ncnc3sc4c(c23)CCN(C(=O)C=CCN(C)C)C4)c1. The van der Waals surface area contributed by atoms with Crippen LogP contribution in [-0.4, -0.2) is 52.9 Å². The van der Waals surface area contributed by atoms with Gasteiger partial charge in [-0.25, -0.2) is 9.97 Å². The van der Waals surface area contributed by atoms with Gasteiger partial charge in [-0.05, 0) is 44.3 Å². The van der Waals surface area contributed by atoms with Crippen LogP contribution in [0.5, 0.6) is 0 Å². The average Bonchev–Trinajstić information content (AvgIpc) is 3.12. The molecule has 1 aromatic carbocycles. The van der Waals surface area contributed by atoms with Crippen LogP contribution in [0.15, 0.2) is 42.7 Å². The fraction of sp³-hybridized carbons (Fsp3) is 0.261. The van der Waals surface area contributed by atoms with Crippen molar-refractivity contribution in [3.05, 3.63) is 58.7 Å². The number of nitrogens with one attached hydrogen (secondary N) is 1. The van der Waals surface area contributed by atoms with Gasteiger partial charge < -0.3 is 15.1 Å². The number of hydrogen-bond acceptors (Lipinski definition) is 6. The molecule has 3 aromatic rings. The van der Waals surface area contributed by atoms with Crippen LogP contribution in [-0.2, 0) is 17.8 Å². The van der Waals surface area contributed by atoms with Crippen molar-refractivity contribution in [2.45, 2.75) is 13.0 Å². The molecule has 0 unspecified atom stereocenters. The van der Waals surface area contributed by atoms with Gasteiger partial charge in [0.1, 0.15) is 17.0 Å². The number of likely N-dealkylation sites (N-methyl/N-ethyl adjacent to an activating group) is 1. The van der Waals surface area contributed by atoms with Crippen LogP contribution in [0.3, 0.4) is 0 Å². The van der Waals surface area contributed by atoms with Gasteiger partial charge in [0.05, 0.1) is 11.9 Å². The normalized spacial score (nSPS) is 13.6. The van der Waals surface area contributed by atoms with E-state index in [0.717, 1.165) is 40.3 Å². The lowest BCUT2D eigenvalue weighted by atomic mass is 10.0. The molecule has 1 aliphatic heterocycles. The van der Waals surface area contributed by atoms with E-state index in [2.05, 4.69) is 21.2 Å². The molecule has 3 heterocycles. The van der Waals surface area contributed by atoms with Crippen LogP contribution in [0.4, 0.5) is 11.5 Å². The number of anilines is 2. The summed E-state index contributed by atoms with van der Waals surface area (Å²) in [5, 5.41) is 4.43. The van der Waals surface area contributed by atoms with Crippen molar-refractivity contribution in [3.8, 4) is 12.3 Å². The predicted molar refractivity (Wildman–Crippen MR) is 122 cm³/mol. The first-order valence-corrected chi connectivity index (χ1v) is 10.6. The van der Waals surface area contributed by atoms with E-state index in [4.69, 9.17) is 6.42 Å². The zero-order valence-corrected chi connectivity index (χ0v) is 17.9. The number of rotatable bonds is 5. The van der Waals surface area contributed by atoms with Crippen LogP contribution in [0.2, 0.25) is 0 Å². The summed E-state index contributed by atoms with van der Waals surface area (Å²) in [6.45, 7) is 2.04. The average molecular weight is 418 g/mol. The highest BCUT2D eigenvalue weighted by Crippen LogP contribution is 2.38. The Hall–Kier alpha value is -3.21. The maximum atomic E-state index is 12.5. The number of aromatic nitrogens is 2. The summed E-state index contributed by atoms with van der Waals surface area (Å²) in [6, 6.07) is 7.71. The molecule has 6 nitrogen and oxygen atoms in total. The molecule has 0 radical (unpaired) electrons. The van der Waals surface area contributed by atoms with Gasteiger partial charge in [-0.1, -0.05) is 18.1 Å². The molecule has 0 saturated carbocycles. The quantitative estimate of drug-likeness (QED) is 0.509. The Balaban J connectivity index is 1.59. The highest BCUT2D eigenvalue weighted by molar-refractivity contribution is 7.19. The van der Waals surface area contributed by atoms with Crippen LogP contribution in [0, 0.1) is 12.3 Å². The van der Waals surface area contributed by atoms with Crippen molar-refractivity contribution in [2.75, 3.05) is 32.5 Å². The molecule has 4 rings (SSSR count). The molecule has 152 valence electrons. The summed E-state index contributed by atoms with van der Waals surface area (Å²) in [6.07, 6.45) is 11.5. The van der Waals surface area contributed by atoms with Crippen LogP contribution >= 0.6 is 11.3 Å². The second kappa shape index (κ2) is 8.66. The van der Waals surface area contributed by atoms with Gasteiger partial charge in [0.2, 0.25) is 5.91 Å². The molecule has 30 heavy (non-hydrogen) atoms. The minimum Gasteiger partial charge on any atom is -0.340 e. The molecule has 0 spiro atoms. The number of carbonyl (C=O) groups excluding carboxylic acids is 1. The minimum atomic E-state index is 0.0514. The van der Waals surface area contributed by atoms with Gasteiger partial charge in [0.15, 0.2) is 0 Å². The number of terminal acetylenes is 1. The monoisotopic (exact) mass is 417 g/mol. The lowest BCUT2D eigenvalue weighted by Gasteiger charge is -2.26. The van der Waals surface area contributed by atoms with Crippen molar-refractivity contribution in [1.82, 2.24) is 19.8 Å². The van der Waals surface area contributed by atoms with E-state index >= 15 is 0 Å². The zero-order chi connectivity index (χ0) is 21.1. The van der Waals surface area contributed by atoms with Crippen molar-refractivity contribution >= 4 is 39.0 Å². The third kappa shape index (κ3) is 4.20. The Kier molecular flexibility index (Phi) is 5.79. The van der Waals surface area contributed by atoms with Crippen molar-refractivity contribution in [1.29, 1.82) is 0 Å². The molecule has 0 fully saturated rings. The molecular formula is C23H23N5OS. The van der Waals surface area contributed by atoms with Gasteiger partial charge in [0, 0.05) is 35.3 Å². The smallest absolute Gasteiger partial charge is 0.246 e. The third-order valence-corrected chi connectivity index (χ3v) is 6.10. The summed E-state index contributed by atoms with van der Waals surface area (Å²) in [4.78, 5) is 27.5. The molecule has 0 aliphatic carbocycles. The number of amides is 1.